The van der Waals surface area contributed by atoms with E-state index in [1.165, 1.54) is 15.3 Å². The third kappa shape index (κ3) is 3.07. The molecule has 2 rings (SSSR count). The number of hydrogen-bond acceptors (Lipinski definition) is 3. The number of aromatic nitrogens is 1. The first-order chi connectivity index (χ1) is 8.06. The number of nitrogens with one attached hydrogen (secondary N) is 1. The lowest BCUT2D eigenvalue weighted by molar-refractivity contribution is 1.12. The molecule has 0 saturated carbocycles. The highest BCUT2D eigenvalue weighted by Gasteiger charge is 2.03. The average Bonchev–Trinajstić information content (AvgIpc) is 2.59. The molecular formula is C13H15BrN2S. The van der Waals surface area contributed by atoms with Gasteiger partial charge in [0.05, 0.1) is 11.9 Å². The molecule has 0 fully saturated rings. The number of thiophene rings is 1. The lowest BCUT2D eigenvalue weighted by atomic mass is 10.2. The molecule has 0 amide bonds. The normalized spacial score (nSPS) is 10.6. The fraction of sp³-hybridized carbons (Fsp3) is 0.308. The monoisotopic (exact) mass is 310 g/mol. The molecule has 0 aliphatic heterocycles. The Morgan fingerprint density at radius 3 is 2.65 bits per heavy atom. The van der Waals surface area contributed by atoms with Crippen LogP contribution in [0.1, 0.15) is 20.9 Å². The standard InChI is InChI=1S/C13H15BrN2S/c1-8-4-12(7-16-13(8)14)15-6-11-5-9(2)17-10(11)3/h4-5,7,15H,6H2,1-3H3. The first-order valence-corrected chi connectivity index (χ1v) is 7.09. The number of anilines is 1. The number of halogens is 1. The Morgan fingerprint density at radius 1 is 1.29 bits per heavy atom. The summed E-state index contributed by atoms with van der Waals surface area (Å²) < 4.78 is 0.908. The Bertz CT molecular complexity index is 534. The summed E-state index contributed by atoms with van der Waals surface area (Å²) in [7, 11) is 0. The molecule has 0 aromatic carbocycles. The molecule has 90 valence electrons. The van der Waals surface area contributed by atoms with Crippen molar-refractivity contribution in [2.75, 3.05) is 5.32 Å². The second kappa shape index (κ2) is 5.19. The minimum Gasteiger partial charge on any atom is -0.380 e. The summed E-state index contributed by atoms with van der Waals surface area (Å²) in [6.07, 6.45) is 1.85. The molecule has 4 heteroatoms. The van der Waals surface area contributed by atoms with Crippen LogP contribution in [0.15, 0.2) is 22.9 Å². The van der Waals surface area contributed by atoms with E-state index in [4.69, 9.17) is 0 Å². The minimum atomic E-state index is 0.860. The van der Waals surface area contributed by atoms with E-state index in [-0.39, 0.29) is 0 Å². The molecule has 2 aromatic rings. The molecule has 0 aliphatic carbocycles. The van der Waals surface area contributed by atoms with Gasteiger partial charge in [0.25, 0.3) is 0 Å². The second-order valence-electron chi connectivity index (χ2n) is 4.12. The topological polar surface area (TPSA) is 24.9 Å². The summed E-state index contributed by atoms with van der Waals surface area (Å²) in [6, 6.07) is 4.35. The van der Waals surface area contributed by atoms with Crippen LogP contribution in [-0.2, 0) is 6.54 Å². The predicted octanol–water partition coefficient (Wildman–Crippen LogP) is 4.44. The second-order valence-corrected chi connectivity index (χ2v) is 6.34. The summed E-state index contributed by atoms with van der Waals surface area (Å²) in [5, 5.41) is 3.41. The van der Waals surface area contributed by atoms with Gasteiger partial charge in [-0.05, 0) is 60.0 Å². The molecule has 0 aliphatic rings. The Morgan fingerprint density at radius 2 is 2.06 bits per heavy atom. The van der Waals surface area contributed by atoms with Crippen molar-refractivity contribution < 1.29 is 0 Å². The zero-order valence-electron chi connectivity index (χ0n) is 10.2. The zero-order chi connectivity index (χ0) is 12.4. The number of nitrogens with zero attached hydrogens (tertiary/aromatic N) is 1. The van der Waals surface area contributed by atoms with Crippen molar-refractivity contribution >= 4 is 33.0 Å². The maximum absolute atomic E-state index is 4.28. The molecule has 2 aromatic heterocycles. The first-order valence-electron chi connectivity index (χ1n) is 5.48. The van der Waals surface area contributed by atoms with Gasteiger partial charge in [0.2, 0.25) is 0 Å². The van der Waals surface area contributed by atoms with E-state index in [0.29, 0.717) is 0 Å². The van der Waals surface area contributed by atoms with Gasteiger partial charge >= 0.3 is 0 Å². The summed E-state index contributed by atoms with van der Waals surface area (Å²) in [4.78, 5) is 7.03. The maximum atomic E-state index is 4.28. The van der Waals surface area contributed by atoms with E-state index in [1.54, 1.807) is 0 Å². The lowest BCUT2D eigenvalue weighted by Gasteiger charge is -2.07. The number of rotatable bonds is 3. The highest BCUT2D eigenvalue weighted by atomic mass is 79.9. The molecular weight excluding hydrogens is 296 g/mol. The Kier molecular flexibility index (Phi) is 3.84. The molecule has 0 radical (unpaired) electrons. The highest BCUT2D eigenvalue weighted by molar-refractivity contribution is 9.10. The molecule has 0 spiro atoms. The van der Waals surface area contributed by atoms with Crippen molar-refractivity contribution in [3.63, 3.8) is 0 Å². The fourth-order valence-electron chi connectivity index (χ4n) is 1.71. The molecule has 0 unspecified atom stereocenters. The molecule has 1 N–H and O–H groups in total. The van der Waals surface area contributed by atoms with E-state index >= 15 is 0 Å². The van der Waals surface area contributed by atoms with Crippen molar-refractivity contribution in [1.82, 2.24) is 4.98 Å². The van der Waals surface area contributed by atoms with Crippen LogP contribution < -0.4 is 5.32 Å². The van der Waals surface area contributed by atoms with Crippen molar-refractivity contribution in [1.29, 1.82) is 0 Å². The summed E-state index contributed by atoms with van der Waals surface area (Å²) in [5.74, 6) is 0. The van der Waals surface area contributed by atoms with Crippen LogP contribution in [-0.4, -0.2) is 4.98 Å². The van der Waals surface area contributed by atoms with Gasteiger partial charge in [0.15, 0.2) is 0 Å². The van der Waals surface area contributed by atoms with E-state index in [0.717, 1.165) is 22.4 Å². The predicted molar refractivity (Wildman–Crippen MR) is 77.8 cm³/mol. The quantitative estimate of drug-likeness (QED) is 0.848. The summed E-state index contributed by atoms with van der Waals surface area (Å²) in [5.41, 5.74) is 3.58. The lowest BCUT2D eigenvalue weighted by Crippen LogP contribution is -2.00. The number of pyridine rings is 1. The Hall–Kier alpha value is -0.870. The van der Waals surface area contributed by atoms with Gasteiger partial charge in [0.1, 0.15) is 4.60 Å². The van der Waals surface area contributed by atoms with Gasteiger partial charge < -0.3 is 5.32 Å². The molecule has 0 bridgehead atoms. The van der Waals surface area contributed by atoms with Crippen LogP contribution in [0.25, 0.3) is 0 Å². The number of aryl methyl sites for hydroxylation is 3. The minimum absolute atomic E-state index is 0.860. The van der Waals surface area contributed by atoms with Gasteiger partial charge in [-0.15, -0.1) is 11.3 Å². The zero-order valence-corrected chi connectivity index (χ0v) is 12.6. The van der Waals surface area contributed by atoms with Crippen LogP contribution in [0, 0.1) is 20.8 Å². The first kappa shape index (κ1) is 12.6. The van der Waals surface area contributed by atoms with Crippen LogP contribution in [0.4, 0.5) is 5.69 Å². The van der Waals surface area contributed by atoms with E-state index < -0.39 is 0 Å². The van der Waals surface area contributed by atoms with Gasteiger partial charge in [-0.3, -0.25) is 0 Å². The molecule has 0 atom stereocenters. The SMILES string of the molecule is Cc1cc(CNc2cnc(Br)c(C)c2)c(C)s1. The Balaban J connectivity index is 2.07. The maximum Gasteiger partial charge on any atom is 0.109 e. The molecule has 17 heavy (non-hydrogen) atoms. The van der Waals surface area contributed by atoms with Gasteiger partial charge in [0, 0.05) is 16.3 Å². The van der Waals surface area contributed by atoms with Crippen molar-refractivity contribution in [2.45, 2.75) is 27.3 Å². The van der Waals surface area contributed by atoms with E-state index in [2.05, 4.69) is 52.2 Å². The van der Waals surface area contributed by atoms with E-state index in [9.17, 15) is 0 Å². The molecule has 2 heterocycles. The van der Waals surface area contributed by atoms with Gasteiger partial charge in [-0.25, -0.2) is 4.98 Å². The van der Waals surface area contributed by atoms with Crippen LogP contribution in [0.3, 0.4) is 0 Å². The van der Waals surface area contributed by atoms with Crippen LogP contribution >= 0.6 is 27.3 Å². The highest BCUT2D eigenvalue weighted by Crippen LogP contribution is 2.22. The third-order valence-electron chi connectivity index (χ3n) is 2.64. The average molecular weight is 311 g/mol. The van der Waals surface area contributed by atoms with Gasteiger partial charge in [-0.1, -0.05) is 0 Å². The van der Waals surface area contributed by atoms with Crippen LogP contribution in [0.5, 0.6) is 0 Å². The van der Waals surface area contributed by atoms with Crippen molar-refractivity contribution in [3.05, 3.63) is 43.8 Å². The van der Waals surface area contributed by atoms with E-state index in [1.807, 2.05) is 24.5 Å². The fourth-order valence-corrected chi connectivity index (χ4v) is 2.87. The summed E-state index contributed by atoms with van der Waals surface area (Å²) in [6.45, 7) is 7.22. The smallest absolute Gasteiger partial charge is 0.109 e. The molecule has 0 saturated heterocycles. The Labute approximate surface area is 114 Å². The third-order valence-corrected chi connectivity index (χ3v) is 4.48. The van der Waals surface area contributed by atoms with Crippen molar-refractivity contribution in [2.24, 2.45) is 0 Å². The largest absolute Gasteiger partial charge is 0.380 e. The van der Waals surface area contributed by atoms with Crippen molar-refractivity contribution in [3.8, 4) is 0 Å². The molecule has 2 nitrogen and oxygen atoms in total. The summed E-state index contributed by atoms with van der Waals surface area (Å²) >= 11 is 5.25. The van der Waals surface area contributed by atoms with Crippen LogP contribution in [0.2, 0.25) is 0 Å². The number of hydrogen-bond donors (Lipinski definition) is 1. The van der Waals surface area contributed by atoms with Gasteiger partial charge in [-0.2, -0.15) is 0 Å².